The normalized spacial score (nSPS) is 11.2. The Hall–Kier alpha value is -0.970. The fourth-order valence-corrected chi connectivity index (χ4v) is 3.04. The Balaban J connectivity index is 1.75. The maximum atomic E-state index is 5.89. The van der Waals surface area contributed by atoms with Gasteiger partial charge in [-0.1, -0.05) is 37.6 Å². The molecule has 0 radical (unpaired) electrons. The first kappa shape index (κ1) is 16.4. The lowest BCUT2D eigenvalue weighted by molar-refractivity contribution is 0.542. The molecule has 0 spiro atoms. The second-order valence-electron chi connectivity index (χ2n) is 5.59. The zero-order valence-corrected chi connectivity index (χ0v) is 14.2. The smallest absolute Gasteiger partial charge is 0.121 e. The minimum atomic E-state index is 0.706. The van der Waals surface area contributed by atoms with E-state index >= 15 is 0 Å². The van der Waals surface area contributed by atoms with Crippen molar-refractivity contribution in [3.63, 3.8) is 0 Å². The molecule has 0 fully saturated rings. The van der Waals surface area contributed by atoms with Crippen molar-refractivity contribution in [2.24, 2.45) is 5.92 Å². The Morgan fingerprint density at radius 3 is 2.57 bits per heavy atom. The summed E-state index contributed by atoms with van der Waals surface area (Å²) in [5.41, 5.74) is 1.22. The van der Waals surface area contributed by atoms with Crippen LogP contribution in [0.1, 0.15) is 35.8 Å². The predicted molar refractivity (Wildman–Crippen MR) is 90.2 cm³/mol. The first-order chi connectivity index (χ1) is 10.1. The number of nitrogens with zero attached hydrogens (tertiary/aromatic N) is 2. The second-order valence-corrected chi connectivity index (χ2v) is 7.18. The highest BCUT2D eigenvalue weighted by Crippen LogP contribution is 2.17. The number of hydrogen-bond donors (Lipinski definition) is 1. The van der Waals surface area contributed by atoms with E-state index in [0.29, 0.717) is 5.92 Å². The third-order valence-corrected chi connectivity index (χ3v) is 4.31. The summed E-state index contributed by atoms with van der Waals surface area (Å²) in [5.74, 6) is 0.706. The van der Waals surface area contributed by atoms with E-state index in [1.165, 1.54) is 5.56 Å². The largest absolute Gasteiger partial charge is 0.316 e. The maximum Gasteiger partial charge on any atom is 0.121 e. The van der Waals surface area contributed by atoms with Gasteiger partial charge in [-0.25, -0.2) is 0 Å². The summed E-state index contributed by atoms with van der Waals surface area (Å²) in [6.07, 6.45) is 2.95. The summed E-state index contributed by atoms with van der Waals surface area (Å²) in [6.45, 7) is 6.57. The van der Waals surface area contributed by atoms with Crippen LogP contribution >= 0.6 is 22.9 Å². The number of benzene rings is 1. The van der Waals surface area contributed by atoms with Crippen molar-refractivity contribution in [1.82, 2.24) is 15.5 Å². The summed E-state index contributed by atoms with van der Waals surface area (Å²) < 4.78 is 0. The third-order valence-electron chi connectivity index (χ3n) is 3.07. The van der Waals surface area contributed by atoms with Crippen LogP contribution in [0.25, 0.3) is 0 Å². The molecule has 1 aromatic carbocycles. The lowest BCUT2D eigenvalue weighted by Gasteiger charge is -2.05. The number of hydrogen-bond acceptors (Lipinski definition) is 4. The molecule has 1 heterocycles. The molecule has 0 atom stereocenters. The summed E-state index contributed by atoms with van der Waals surface area (Å²) in [7, 11) is 0. The molecular weight excluding hydrogens is 302 g/mol. The van der Waals surface area contributed by atoms with E-state index in [4.69, 9.17) is 11.6 Å². The molecule has 114 valence electrons. The Morgan fingerprint density at radius 1 is 1.14 bits per heavy atom. The van der Waals surface area contributed by atoms with Gasteiger partial charge in [0.1, 0.15) is 10.0 Å². The van der Waals surface area contributed by atoms with E-state index in [0.717, 1.165) is 47.4 Å². The van der Waals surface area contributed by atoms with Crippen LogP contribution in [-0.4, -0.2) is 23.3 Å². The van der Waals surface area contributed by atoms with E-state index in [9.17, 15) is 0 Å². The van der Waals surface area contributed by atoms with Crippen LogP contribution in [0.5, 0.6) is 0 Å². The van der Waals surface area contributed by atoms with Crippen molar-refractivity contribution in [3.8, 4) is 0 Å². The van der Waals surface area contributed by atoms with Crippen molar-refractivity contribution in [1.29, 1.82) is 0 Å². The first-order valence-corrected chi connectivity index (χ1v) is 8.59. The van der Waals surface area contributed by atoms with E-state index in [1.54, 1.807) is 11.3 Å². The van der Waals surface area contributed by atoms with Crippen LogP contribution in [0, 0.1) is 5.92 Å². The van der Waals surface area contributed by atoms with E-state index < -0.39 is 0 Å². The van der Waals surface area contributed by atoms with Gasteiger partial charge in [0.05, 0.1) is 0 Å². The molecule has 5 heteroatoms. The number of halogens is 1. The van der Waals surface area contributed by atoms with Gasteiger partial charge in [0.25, 0.3) is 0 Å². The number of aromatic nitrogens is 2. The van der Waals surface area contributed by atoms with Crippen molar-refractivity contribution in [3.05, 3.63) is 44.9 Å². The van der Waals surface area contributed by atoms with E-state index in [1.807, 2.05) is 24.3 Å². The van der Waals surface area contributed by atoms with Crippen LogP contribution in [0.4, 0.5) is 0 Å². The third kappa shape index (κ3) is 6.12. The average molecular weight is 324 g/mol. The SMILES string of the molecule is CC(C)CNCCCc1nnc(Cc2ccc(Cl)cc2)s1. The zero-order valence-electron chi connectivity index (χ0n) is 12.6. The Labute approximate surface area is 135 Å². The van der Waals surface area contributed by atoms with Gasteiger partial charge in [-0.05, 0) is 43.1 Å². The van der Waals surface area contributed by atoms with Gasteiger partial charge >= 0.3 is 0 Å². The van der Waals surface area contributed by atoms with Crippen molar-refractivity contribution < 1.29 is 0 Å². The molecule has 21 heavy (non-hydrogen) atoms. The highest BCUT2D eigenvalue weighted by atomic mass is 35.5. The number of rotatable bonds is 8. The molecule has 1 N–H and O–H groups in total. The minimum Gasteiger partial charge on any atom is -0.316 e. The van der Waals surface area contributed by atoms with Gasteiger partial charge in [-0.3, -0.25) is 0 Å². The van der Waals surface area contributed by atoms with Crippen molar-refractivity contribution in [2.45, 2.75) is 33.1 Å². The second kappa shape index (κ2) is 8.47. The van der Waals surface area contributed by atoms with Crippen molar-refractivity contribution in [2.75, 3.05) is 13.1 Å². The minimum absolute atomic E-state index is 0.706. The van der Waals surface area contributed by atoms with Gasteiger partial charge in [0, 0.05) is 17.9 Å². The molecule has 2 aromatic rings. The van der Waals surface area contributed by atoms with E-state index in [-0.39, 0.29) is 0 Å². The van der Waals surface area contributed by atoms with Gasteiger partial charge in [0.2, 0.25) is 0 Å². The molecule has 0 unspecified atom stereocenters. The van der Waals surface area contributed by atoms with Gasteiger partial charge < -0.3 is 5.32 Å². The topological polar surface area (TPSA) is 37.8 Å². The van der Waals surface area contributed by atoms with E-state index in [2.05, 4.69) is 29.4 Å². The molecule has 0 saturated heterocycles. The Bertz CT molecular complexity index is 537. The molecule has 3 nitrogen and oxygen atoms in total. The molecule has 1 aromatic heterocycles. The maximum absolute atomic E-state index is 5.89. The molecule has 0 aliphatic carbocycles. The number of aryl methyl sites for hydroxylation is 1. The molecule has 0 saturated carbocycles. The van der Waals surface area contributed by atoms with Crippen LogP contribution < -0.4 is 5.32 Å². The standard InChI is InChI=1S/C16H22ClN3S/c1-12(2)11-18-9-3-4-15-19-20-16(21-15)10-13-5-7-14(17)8-6-13/h5-8,12,18H,3-4,9-11H2,1-2H3. The Kier molecular flexibility index (Phi) is 6.61. The molecule has 0 aliphatic rings. The van der Waals surface area contributed by atoms with Crippen LogP contribution in [0.15, 0.2) is 24.3 Å². The van der Waals surface area contributed by atoms with Crippen LogP contribution in [0.3, 0.4) is 0 Å². The van der Waals surface area contributed by atoms with Crippen LogP contribution in [0.2, 0.25) is 5.02 Å². The quantitative estimate of drug-likeness (QED) is 0.747. The average Bonchev–Trinajstić information content (AvgIpc) is 2.88. The summed E-state index contributed by atoms with van der Waals surface area (Å²) in [5, 5.41) is 15.0. The van der Waals surface area contributed by atoms with Crippen LogP contribution in [-0.2, 0) is 12.8 Å². The highest BCUT2D eigenvalue weighted by Gasteiger charge is 2.05. The monoisotopic (exact) mass is 323 g/mol. The summed E-state index contributed by atoms with van der Waals surface area (Å²) >= 11 is 7.60. The zero-order chi connectivity index (χ0) is 15.1. The van der Waals surface area contributed by atoms with Gasteiger partial charge in [0.15, 0.2) is 0 Å². The molecule has 0 aliphatic heterocycles. The van der Waals surface area contributed by atoms with Gasteiger partial charge in [-0.15, -0.1) is 21.5 Å². The highest BCUT2D eigenvalue weighted by molar-refractivity contribution is 7.11. The fraction of sp³-hybridized carbons (Fsp3) is 0.500. The lowest BCUT2D eigenvalue weighted by atomic mass is 10.2. The summed E-state index contributed by atoms with van der Waals surface area (Å²) in [4.78, 5) is 0. The predicted octanol–water partition coefficient (Wildman–Crippen LogP) is 3.96. The molecule has 0 amide bonds. The molecular formula is C16H22ClN3S. The Morgan fingerprint density at radius 2 is 1.86 bits per heavy atom. The number of nitrogens with one attached hydrogen (secondary N) is 1. The summed E-state index contributed by atoms with van der Waals surface area (Å²) in [6, 6.07) is 7.91. The first-order valence-electron chi connectivity index (χ1n) is 7.40. The van der Waals surface area contributed by atoms with Crippen molar-refractivity contribution >= 4 is 22.9 Å². The van der Waals surface area contributed by atoms with Gasteiger partial charge in [-0.2, -0.15) is 0 Å². The molecule has 0 bridgehead atoms. The molecule has 2 rings (SSSR count). The lowest BCUT2D eigenvalue weighted by Crippen LogP contribution is -2.21. The fourth-order valence-electron chi connectivity index (χ4n) is 1.99.